The third-order valence-electron chi connectivity index (χ3n) is 6.22. The van der Waals surface area contributed by atoms with Gasteiger partial charge in [-0.1, -0.05) is 12.1 Å². The largest absolute Gasteiger partial charge is 0.496 e. The van der Waals surface area contributed by atoms with Crippen LogP contribution in [0.1, 0.15) is 49.7 Å². The van der Waals surface area contributed by atoms with Crippen LogP contribution in [0, 0.1) is 17.8 Å². The molecule has 4 saturated carbocycles. The molecule has 0 aromatic heterocycles. The van der Waals surface area contributed by atoms with Crippen molar-refractivity contribution in [3.8, 4) is 5.75 Å². The summed E-state index contributed by atoms with van der Waals surface area (Å²) in [6, 6.07) is 6.21. The van der Waals surface area contributed by atoms with Gasteiger partial charge in [-0.05, 0) is 84.9 Å². The number of halogens is 1. The summed E-state index contributed by atoms with van der Waals surface area (Å²) >= 11 is 5.59. The van der Waals surface area contributed by atoms with Crippen LogP contribution in [0.25, 0.3) is 0 Å². The van der Waals surface area contributed by atoms with Gasteiger partial charge in [-0.25, -0.2) is 0 Å². The van der Waals surface area contributed by atoms with E-state index in [0.29, 0.717) is 6.42 Å². The zero-order chi connectivity index (χ0) is 15.3. The van der Waals surface area contributed by atoms with E-state index in [1.165, 1.54) is 44.1 Å². The van der Waals surface area contributed by atoms with Gasteiger partial charge in [-0.2, -0.15) is 0 Å². The predicted octanol–water partition coefficient (Wildman–Crippen LogP) is 4.47. The van der Waals surface area contributed by atoms with Gasteiger partial charge >= 0.3 is 0 Å². The number of hydrogen-bond acceptors (Lipinski definition) is 2. The molecule has 0 amide bonds. The fourth-order valence-electron chi connectivity index (χ4n) is 5.88. The number of carbonyl (C=O) groups excluding carboxylic acids is 1. The zero-order valence-corrected chi connectivity index (χ0v) is 13.9. The lowest BCUT2D eigenvalue weighted by atomic mass is 9.48. The van der Waals surface area contributed by atoms with E-state index in [4.69, 9.17) is 16.3 Å². The minimum Gasteiger partial charge on any atom is -0.496 e. The summed E-state index contributed by atoms with van der Waals surface area (Å²) in [6.45, 7) is 0. The quantitative estimate of drug-likeness (QED) is 0.766. The summed E-state index contributed by atoms with van der Waals surface area (Å²) in [5, 5.41) is -0.290. The maximum Gasteiger partial charge on any atom is 0.226 e. The minimum absolute atomic E-state index is 0.283. The maximum absolute atomic E-state index is 11.3. The summed E-state index contributed by atoms with van der Waals surface area (Å²) in [6.07, 6.45) is 8.50. The Labute approximate surface area is 137 Å². The lowest BCUT2D eigenvalue weighted by Crippen LogP contribution is -2.48. The Balaban J connectivity index is 1.75. The third-order valence-corrected chi connectivity index (χ3v) is 6.35. The van der Waals surface area contributed by atoms with Crippen LogP contribution in [0.3, 0.4) is 0 Å². The van der Waals surface area contributed by atoms with Crippen molar-refractivity contribution in [2.45, 2.75) is 50.4 Å². The van der Waals surface area contributed by atoms with E-state index in [0.717, 1.165) is 29.1 Å². The average molecular weight is 319 g/mol. The van der Waals surface area contributed by atoms with Crippen LogP contribution in [0.4, 0.5) is 0 Å². The first-order valence-corrected chi connectivity index (χ1v) is 8.81. The molecule has 0 heterocycles. The highest BCUT2D eigenvalue weighted by molar-refractivity contribution is 6.63. The van der Waals surface area contributed by atoms with E-state index in [9.17, 15) is 4.79 Å². The van der Waals surface area contributed by atoms with Gasteiger partial charge in [-0.3, -0.25) is 4.79 Å². The number of benzene rings is 1. The SMILES string of the molecule is COc1ccc(CC(=O)Cl)cc1C12CC3CC(CC(C3)C1)C2. The number of rotatable bonds is 4. The summed E-state index contributed by atoms with van der Waals surface area (Å²) in [5.74, 6) is 3.69. The van der Waals surface area contributed by atoms with Gasteiger partial charge in [0.25, 0.3) is 0 Å². The Hall–Kier alpha value is -1.02. The first-order chi connectivity index (χ1) is 10.6. The van der Waals surface area contributed by atoms with Crippen LogP contribution >= 0.6 is 11.6 Å². The van der Waals surface area contributed by atoms with Gasteiger partial charge < -0.3 is 4.74 Å². The van der Waals surface area contributed by atoms with Crippen LogP contribution in [0.2, 0.25) is 0 Å². The molecule has 0 unspecified atom stereocenters. The van der Waals surface area contributed by atoms with Gasteiger partial charge in [-0.15, -0.1) is 0 Å². The van der Waals surface area contributed by atoms with Gasteiger partial charge in [0.2, 0.25) is 5.24 Å². The monoisotopic (exact) mass is 318 g/mol. The van der Waals surface area contributed by atoms with E-state index in [1.54, 1.807) is 7.11 Å². The normalized spacial score (nSPS) is 35.6. The van der Waals surface area contributed by atoms with Gasteiger partial charge in [0.15, 0.2) is 0 Å². The summed E-state index contributed by atoms with van der Waals surface area (Å²) in [4.78, 5) is 11.3. The molecule has 1 aromatic carbocycles. The van der Waals surface area contributed by atoms with Crippen molar-refractivity contribution >= 4 is 16.8 Å². The first kappa shape index (κ1) is 14.6. The molecule has 0 spiro atoms. The van der Waals surface area contributed by atoms with E-state index >= 15 is 0 Å². The molecule has 5 rings (SSSR count). The standard InChI is InChI=1S/C19H23ClO2/c1-22-17-3-2-12(8-18(20)21)7-16(17)19-9-13-4-14(10-19)6-15(5-13)11-19/h2-3,7,13-15H,4-6,8-11H2,1H3. The number of methoxy groups -OCH3 is 1. The number of hydrogen-bond donors (Lipinski definition) is 0. The van der Waals surface area contributed by atoms with Gasteiger partial charge in [0.05, 0.1) is 7.11 Å². The van der Waals surface area contributed by atoms with E-state index in [2.05, 4.69) is 6.07 Å². The van der Waals surface area contributed by atoms with E-state index in [-0.39, 0.29) is 10.7 Å². The molecule has 4 bridgehead atoms. The smallest absolute Gasteiger partial charge is 0.226 e. The Bertz CT molecular complexity index is 572. The maximum atomic E-state index is 11.3. The van der Waals surface area contributed by atoms with Gasteiger partial charge in [0, 0.05) is 12.0 Å². The second-order valence-corrected chi connectivity index (χ2v) is 8.19. The lowest BCUT2D eigenvalue weighted by molar-refractivity contribution is -0.111. The van der Waals surface area contributed by atoms with Crippen LogP contribution in [-0.2, 0) is 16.6 Å². The van der Waals surface area contributed by atoms with Crippen molar-refractivity contribution in [2.24, 2.45) is 17.8 Å². The number of carbonyl (C=O) groups is 1. The Kier molecular flexibility index (Phi) is 3.48. The van der Waals surface area contributed by atoms with Crippen LogP contribution in [0.15, 0.2) is 18.2 Å². The Morgan fingerprint density at radius 1 is 1.18 bits per heavy atom. The highest BCUT2D eigenvalue weighted by Crippen LogP contribution is 2.61. The molecule has 0 radical (unpaired) electrons. The fraction of sp³-hybridized carbons (Fsp3) is 0.632. The fourth-order valence-corrected chi connectivity index (χ4v) is 6.03. The molecule has 1 aromatic rings. The second kappa shape index (κ2) is 5.26. The predicted molar refractivity (Wildman–Crippen MR) is 87.4 cm³/mol. The van der Waals surface area contributed by atoms with Crippen molar-refractivity contribution in [2.75, 3.05) is 7.11 Å². The molecule has 0 N–H and O–H groups in total. The average Bonchev–Trinajstić information content (AvgIpc) is 2.45. The van der Waals surface area contributed by atoms with Crippen molar-refractivity contribution in [1.82, 2.24) is 0 Å². The van der Waals surface area contributed by atoms with E-state index < -0.39 is 0 Å². The molecule has 118 valence electrons. The molecule has 0 saturated heterocycles. The summed E-state index contributed by atoms with van der Waals surface area (Å²) < 4.78 is 5.68. The molecular formula is C19H23ClO2. The number of ether oxygens (including phenoxy) is 1. The molecule has 4 aliphatic rings. The molecule has 3 heteroatoms. The second-order valence-electron chi connectivity index (χ2n) is 7.76. The highest BCUT2D eigenvalue weighted by atomic mass is 35.5. The first-order valence-electron chi connectivity index (χ1n) is 8.44. The van der Waals surface area contributed by atoms with Crippen LogP contribution in [0.5, 0.6) is 5.75 Å². The molecule has 4 fully saturated rings. The van der Waals surface area contributed by atoms with Crippen LogP contribution < -0.4 is 4.74 Å². The van der Waals surface area contributed by atoms with Crippen molar-refractivity contribution in [1.29, 1.82) is 0 Å². The summed E-state index contributed by atoms with van der Waals surface area (Å²) in [5.41, 5.74) is 2.64. The molecule has 22 heavy (non-hydrogen) atoms. The van der Waals surface area contributed by atoms with Crippen molar-refractivity contribution in [3.63, 3.8) is 0 Å². The van der Waals surface area contributed by atoms with E-state index in [1.807, 2.05) is 12.1 Å². The Morgan fingerprint density at radius 3 is 2.27 bits per heavy atom. The molecule has 2 nitrogen and oxygen atoms in total. The topological polar surface area (TPSA) is 26.3 Å². The molecular weight excluding hydrogens is 296 g/mol. The minimum atomic E-state index is -0.290. The Morgan fingerprint density at radius 2 is 1.77 bits per heavy atom. The van der Waals surface area contributed by atoms with Crippen LogP contribution in [-0.4, -0.2) is 12.4 Å². The van der Waals surface area contributed by atoms with Crippen molar-refractivity contribution < 1.29 is 9.53 Å². The lowest BCUT2D eigenvalue weighted by Gasteiger charge is -2.57. The molecule has 0 atom stereocenters. The zero-order valence-electron chi connectivity index (χ0n) is 13.1. The highest BCUT2D eigenvalue weighted by Gasteiger charge is 2.52. The van der Waals surface area contributed by atoms with Crippen molar-refractivity contribution in [3.05, 3.63) is 29.3 Å². The third kappa shape index (κ3) is 2.36. The molecule has 4 aliphatic carbocycles. The molecule has 0 aliphatic heterocycles. The summed E-state index contributed by atoms with van der Waals surface area (Å²) in [7, 11) is 1.76. The van der Waals surface area contributed by atoms with Gasteiger partial charge in [0.1, 0.15) is 5.75 Å².